The molecule has 0 saturated heterocycles. The van der Waals surface area contributed by atoms with Crippen LogP contribution in [0.3, 0.4) is 0 Å². The lowest BCUT2D eigenvalue weighted by Gasteiger charge is -2.27. The topological polar surface area (TPSA) is 55.4 Å². The van der Waals surface area contributed by atoms with Gasteiger partial charge in [0.2, 0.25) is 0 Å². The van der Waals surface area contributed by atoms with Crippen molar-refractivity contribution in [3.63, 3.8) is 0 Å². The molecule has 0 N–H and O–H groups in total. The van der Waals surface area contributed by atoms with Crippen LogP contribution in [0.5, 0.6) is 34.5 Å². The molecule has 3 unspecified atom stereocenters. The normalized spacial score (nSPS) is 17.5. The Bertz CT molecular complexity index is 1450. The minimum atomic E-state index is -0.0309. The summed E-state index contributed by atoms with van der Waals surface area (Å²) in [6, 6.07) is 26.9. The number of hydrogen-bond donors (Lipinski definition) is 0. The van der Waals surface area contributed by atoms with Crippen LogP contribution < -0.4 is 28.4 Å². The molecule has 6 nitrogen and oxygen atoms in total. The van der Waals surface area contributed by atoms with Gasteiger partial charge in [-0.1, -0.05) is 24.3 Å². The third-order valence-corrected chi connectivity index (χ3v) is 9.13. The van der Waals surface area contributed by atoms with E-state index in [2.05, 4.69) is 42.5 Å². The molecule has 0 bridgehead atoms. The largest absolute Gasteiger partial charge is 0.497 e. The van der Waals surface area contributed by atoms with Gasteiger partial charge >= 0.3 is 0 Å². The summed E-state index contributed by atoms with van der Waals surface area (Å²) in [7, 11) is 10.2. The Hall–Kier alpha value is -3.97. The summed E-state index contributed by atoms with van der Waals surface area (Å²) in [5, 5.41) is 0.103. The second-order valence-corrected chi connectivity index (χ2v) is 11.0. The molecule has 0 aliphatic heterocycles. The van der Waals surface area contributed by atoms with E-state index in [0.29, 0.717) is 0 Å². The lowest BCUT2D eigenvalue weighted by molar-refractivity contribution is 0.388. The number of thioether (sulfide) groups is 1. The molecule has 7 heteroatoms. The van der Waals surface area contributed by atoms with E-state index in [1.54, 1.807) is 42.7 Å². The molecule has 1 aliphatic rings. The zero-order valence-corrected chi connectivity index (χ0v) is 25.1. The van der Waals surface area contributed by atoms with Crippen LogP contribution in [0, 0.1) is 0 Å². The Balaban J connectivity index is 1.70. The van der Waals surface area contributed by atoms with Crippen molar-refractivity contribution >= 4 is 11.8 Å². The fourth-order valence-corrected chi connectivity index (χ4v) is 7.16. The summed E-state index contributed by atoms with van der Waals surface area (Å²) >= 11 is 1.92. The highest BCUT2D eigenvalue weighted by Crippen LogP contribution is 2.62. The van der Waals surface area contributed by atoms with Crippen molar-refractivity contribution in [2.45, 2.75) is 22.8 Å². The SMILES string of the molecule is COc1ccc(CSC2c3cc(OC)cc(OC)c3C(c3cc(OC)cc(OC)c3)C2c2ccc(OC)cc2)cc1. The highest BCUT2D eigenvalue weighted by atomic mass is 32.2. The fraction of sp³-hybridized carbons (Fsp3) is 0.294. The van der Waals surface area contributed by atoms with Crippen molar-refractivity contribution < 1.29 is 28.4 Å². The third kappa shape index (κ3) is 5.77. The van der Waals surface area contributed by atoms with Crippen molar-refractivity contribution in [1.29, 1.82) is 0 Å². The molecule has 3 atom stereocenters. The van der Waals surface area contributed by atoms with E-state index in [0.717, 1.165) is 51.4 Å². The zero-order valence-electron chi connectivity index (χ0n) is 24.3. The number of hydrogen-bond acceptors (Lipinski definition) is 7. The van der Waals surface area contributed by atoms with Gasteiger partial charge in [0.1, 0.15) is 34.5 Å². The van der Waals surface area contributed by atoms with Gasteiger partial charge in [0.05, 0.1) is 42.7 Å². The molecule has 5 rings (SSSR count). The van der Waals surface area contributed by atoms with Crippen LogP contribution in [0.25, 0.3) is 0 Å². The molecule has 0 aromatic heterocycles. The molecule has 0 fully saturated rings. The smallest absolute Gasteiger partial charge is 0.126 e. The molecular weight excluding hydrogens is 536 g/mol. The van der Waals surface area contributed by atoms with Crippen molar-refractivity contribution in [3.8, 4) is 34.5 Å². The first-order valence-corrected chi connectivity index (χ1v) is 14.5. The van der Waals surface area contributed by atoms with E-state index in [4.69, 9.17) is 28.4 Å². The Labute approximate surface area is 246 Å². The van der Waals surface area contributed by atoms with E-state index >= 15 is 0 Å². The van der Waals surface area contributed by atoms with Crippen molar-refractivity contribution in [1.82, 2.24) is 0 Å². The fourth-order valence-electron chi connectivity index (χ4n) is 5.70. The van der Waals surface area contributed by atoms with Gasteiger partial charge in [-0.2, -0.15) is 0 Å². The Morgan fingerprint density at radius 3 is 1.61 bits per heavy atom. The van der Waals surface area contributed by atoms with E-state index in [9.17, 15) is 0 Å². The lowest BCUT2D eigenvalue weighted by Crippen LogP contribution is -2.12. The maximum absolute atomic E-state index is 6.04. The van der Waals surface area contributed by atoms with Gasteiger partial charge in [0.15, 0.2) is 0 Å². The maximum Gasteiger partial charge on any atom is 0.126 e. The Morgan fingerprint density at radius 1 is 0.537 bits per heavy atom. The van der Waals surface area contributed by atoms with Gasteiger partial charge in [-0.05, 0) is 64.7 Å². The number of benzene rings is 4. The van der Waals surface area contributed by atoms with Crippen LogP contribution in [0.4, 0.5) is 0 Å². The molecule has 4 aromatic carbocycles. The van der Waals surface area contributed by atoms with Crippen LogP contribution in [0.15, 0.2) is 78.9 Å². The molecular formula is C34H36O6S. The van der Waals surface area contributed by atoms with Gasteiger partial charge in [0, 0.05) is 40.5 Å². The lowest BCUT2D eigenvalue weighted by atomic mass is 9.81. The van der Waals surface area contributed by atoms with Crippen LogP contribution in [0.2, 0.25) is 0 Å². The highest BCUT2D eigenvalue weighted by molar-refractivity contribution is 7.98. The van der Waals surface area contributed by atoms with E-state index in [-0.39, 0.29) is 17.1 Å². The molecule has 41 heavy (non-hydrogen) atoms. The quantitative estimate of drug-likeness (QED) is 0.183. The van der Waals surface area contributed by atoms with Crippen molar-refractivity contribution in [2.75, 3.05) is 42.7 Å². The summed E-state index contributed by atoms with van der Waals surface area (Å²) < 4.78 is 34.0. The van der Waals surface area contributed by atoms with E-state index in [1.807, 2.05) is 48.2 Å². The number of methoxy groups -OCH3 is 6. The number of rotatable bonds is 11. The first-order valence-electron chi connectivity index (χ1n) is 13.4. The zero-order chi connectivity index (χ0) is 28.9. The number of ether oxygens (including phenoxy) is 6. The molecule has 0 radical (unpaired) electrons. The van der Waals surface area contributed by atoms with Gasteiger partial charge in [-0.3, -0.25) is 0 Å². The monoisotopic (exact) mass is 572 g/mol. The van der Waals surface area contributed by atoms with Crippen LogP contribution >= 0.6 is 11.8 Å². The first-order chi connectivity index (χ1) is 20.0. The summed E-state index contributed by atoms with van der Waals surface area (Å²) in [5.74, 6) is 5.62. The summed E-state index contributed by atoms with van der Waals surface area (Å²) in [5.41, 5.74) is 5.89. The van der Waals surface area contributed by atoms with Crippen molar-refractivity contribution in [2.24, 2.45) is 0 Å². The highest BCUT2D eigenvalue weighted by Gasteiger charge is 2.45. The third-order valence-electron chi connectivity index (χ3n) is 7.73. The predicted octanol–water partition coefficient (Wildman–Crippen LogP) is 7.64. The van der Waals surface area contributed by atoms with Gasteiger partial charge in [-0.25, -0.2) is 0 Å². The number of fused-ring (bicyclic) bond motifs is 1. The van der Waals surface area contributed by atoms with Crippen LogP contribution in [-0.4, -0.2) is 42.7 Å². The maximum atomic E-state index is 6.04. The van der Waals surface area contributed by atoms with E-state index < -0.39 is 0 Å². The minimum Gasteiger partial charge on any atom is -0.497 e. The molecule has 214 valence electrons. The second-order valence-electron chi connectivity index (χ2n) is 9.83. The molecule has 0 saturated carbocycles. The van der Waals surface area contributed by atoms with Crippen LogP contribution in [0.1, 0.15) is 44.9 Å². The average Bonchev–Trinajstić information content (AvgIpc) is 3.37. The predicted molar refractivity (Wildman–Crippen MR) is 164 cm³/mol. The van der Waals surface area contributed by atoms with E-state index in [1.165, 1.54) is 16.7 Å². The summed E-state index contributed by atoms with van der Waals surface area (Å²) in [6.07, 6.45) is 0. The summed E-state index contributed by atoms with van der Waals surface area (Å²) in [6.45, 7) is 0. The standard InChI is InChI=1S/C34H36O6S/c1-35-24-11-7-21(8-12-24)20-41-34-29-18-28(39-5)19-30(40-6)33(29)31(23-15-26(37-3)17-27(16-23)38-4)32(34)22-9-13-25(36-2)14-10-22/h7-19,31-32,34H,20H2,1-6H3. The van der Waals surface area contributed by atoms with Gasteiger partial charge < -0.3 is 28.4 Å². The summed E-state index contributed by atoms with van der Waals surface area (Å²) in [4.78, 5) is 0. The minimum absolute atomic E-state index is 0.0309. The van der Waals surface area contributed by atoms with Crippen LogP contribution in [-0.2, 0) is 5.75 Å². The molecule has 0 amide bonds. The molecule has 4 aromatic rings. The molecule has 0 spiro atoms. The van der Waals surface area contributed by atoms with Gasteiger partial charge in [-0.15, -0.1) is 11.8 Å². The molecule has 0 heterocycles. The Morgan fingerprint density at radius 2 is 1.07 bits per heavy atom. The first kappa shape index (κ1) is 28.6. The average molecular weight is 573 g/mol. The van der Waals surface area contributed by atoms with Gasteiger partial charge in [0.25, 0.3) is 0 Å². The molecule has 1 aliphatic carbocycles. The van der Waals surface area contributed by atoms with Crippen molar-refractivity contribution in [3.05, 3.63) is 107 Å². The Kier molecular flexibility index (Phi) is 8.84. The second kappa shape index (κ2) is 12.7.